The molecule has 2 unspecified atom stereocenters. The molecule has 2 heteroatoms. The minimum absolute atomic E-state index is 0.398. The molecular weight excluding hydrogens is 258 g/mol. The Kier molecular flexibility index (Phi) is 7.24. The minimum atomic E-state index is 0.398. The molecule has 0 saturated carbocycles. The fourth-order valence-corrected chi connectivity index (χ4v) is 3.08. The first kappa shape index (κ1) is 18.0. The van der Waals surface area contributed by atoms with Crippen molar-refractivity contribution in [2.24, 2.45) is 11.3 Å². The van der Waals surface area contributed by atoms with E-state index >= 15 is 0 Å². The molecule has 0 radical (unpaired) electrons. The number of benzene rings is 1. The molecule has 21 heavy (non-hydrogen) atoms. The van der Waals surface area contributed by atoms with Gasteiger partial charge in [-0.3, -0.25) is 0 Å². The van der Waals surface area contributed by atoms with E-state index in [1.54, 1.807) is 0 Å². The molecule has 0 spiro atoms. The van der Waals surface area contributed by atoms with Crippen LogP contribution >= 0.6 is 0 Å². The van der Waals surface area contributed by atoms with Gasteiger partial charge in [0, 0.05) is 6.04 Å². The predicted octanol–water partition coefficient (Wildman–Crippen LogP) is 5.20. The maximum absolute atomic E-state index is 5.53. The first-order valence-electron chi connectivity index (χ1n) is 8.31. The quantitative estimate of drug-likeness (QED) is 0.711. The molecular formula is C19H33NO. The Morgan fingerprint density at radius 2 is 1.71 bits per heavy atom. The topological polar surface area (TPSA) is 21.3 Å². The molecule has 0 bridgehead atoms. The van der Waals surface area contributed by atoms with E-state index in [9.17, 15) is 0 Å². The average Bonchev–Trinajstić information content (AvgIpc) is 2.37. The summed E-state index contributed by atoms with van der Waals surface area (Å²) in [6, 6.07) is 8.99. The monoisotopic (exact) mass is 291 g/mol. The molecule has 0 fully saturated rings. The van der Waals surface area contributed by atoms with Crippen molar-refractivity contribution in [3.8, 4) is 5.75 Å². The van der Waals surface area contributed by atoms with E-state index in [0.29, 0.717) is 17.4 Å². The maximum atomic E-state index is 5.53. The van der Waals surface area contributed by atoms with Crippen molar-refractivity contribution in [1.29, 1.82) is 0 Å². The fraction of sp³-hybridized carbons (Fsp3) is 0.684. The van der Waals surface area contributed by atoms with Crippen LogP contribution in [-0.4, -0.2) is 13.2 Å². The standard InChI is InChI=1S/C19H33NO/c1-7-20-18(13-15(3)14-19(4,5)6)16-9-11-17(12-10-16)21-8-2/h9-12,15,18,20H,7-8,13-14H2,1-6H3. The zero-order chi connectivity index (χ0) is 15.9. The predicted molar refractivity (Wildman–Crippen MR) is 91.9 cm³/mol. The van der Waals surface area contributed by atoms with Gasteiger partial charge >= 0.3 is 0 Å². The molecule has 0 saturated heterocycles. The van der Waals surface area contributed by atoms with Gasteiger partial charge in [0.05, 0.1) is 6.61 Å². The van der Waals surface area contributed by atoms with Crippen molar-refractivity contribution in [2.45, 2.75) is 60.4 Å². The smallest absolute Gasteiger partial charge is 0.119 e. The fourth-order valence-electron chi connectivity index (χ4n) is 3.08. The van der Waals surface area contributed by atoms with Crippen LogP contribution in [0.5, 0.6) is 5.75 Å². The van der Waals surface area contributed by atoms with Crippen LogP contribution in [0.4, 0.5) is 0 Å². The van der Waals surface area contributed by atoms with Gasteiger partial charge in [0.15, 0.2) is 0 Å². The van der Waals surface area contributed by atoms with Gasteiger partial charge in [0.25, 0.3) is 0 Å². The average molecular weight is 291 g/mol. The normalized spacial score (nSPS) is 14.8. The van der Waals surface area contributed by atoms with Crippen LogP contribution in [0.1, 0.15) is 66.0 Å². The molecule has 2 nitrogen and oxygen atoms in total. The number of rotatable bonds is 8. The molecule has 0 heterocycles. The van der Waals surface area contributed by atoms with Crippen molar-refractivity contribution < 1.29 is 4.74 Å². The summed E-state index contributed by atoms with van der Waals surface area (Å²) in [4.78, 5) is 0. The SMILES string of the molecule is CCNC(CC(C)CC(C)(C)C)c1ccc(OCC)cc1. The summed E-state index contributed by atoms with van der Waals surface area (Å²) in [6.45, 7) is 15.2. The molecule has 1 rings (SSSR count). The van der Waals surface area contributed by atoms with Crippen molar-refractivity contribution in [3.63, 3.8) is 0 Å². The van der Waals surface area contributed by atoms with Gasteiger partial charge in [-0.1, -0.05) is 46.8 Å². The van der Waals surface area contributed by atoms with Crippen LogP contribution in [0.3, 0.4) is 0 Å². The van der Waals surface area contributed by atoms with E-state index in [1.807, 2.05) is 6.92 Å². The summed E-state index contributed by atoms with van der Waals surface area (Å²) in [6.07, 6.45) is 2.44. The molecule has 1 aromatic carbocycles. The summed E-state index contributed by atoms with van der Waals surface area (Å²) >= 11 is 0. The molecule has 0 aromatic heterocycles. The molecule has 0 aliphatic carbocycles. The Balaban J connectivity index is 2.71. The van der Waals surface area contributed by atoms with E-state index in [2.05, 4.69) is 64.2 Å². The summed E-state index contributed by atoms with van der Waals surface area (Å²) in [5.41, 5.74) is 1.76. The second kappa shape index (κ2) is 8.43. The van der Waals surface area contributed by atoms with Gasteiger partial charge in [-0.05, 0) is 55.3 Å². The van der Waals surface area contributed by atoms with Gasteiger partial charge < -0.3 is 10.1 Å². The van der Waals surface area contributed by atoms with Crippen LogP contribution in [0.15, 0.2) is 24.3 Å². The Morgan fingerprint density at radius 3 is 2.19 bits per heavy atom. The first-order chi connectivity index (χ1) is 9.85. The number of hydrogen-bond donors (Lipinski definition) is 1. The third-order valence-corrected chi connectivity index (χ3v) is 3.64. The third-order valence-electron chi connectivity index (χ3n) is 3.64. The van der Waals surface area contributed by atoms with Gasteiger partial charge in [0.2, 0.25) is 0 Å². The van der Waals surface area contributed by atoms with E-state index in [-0.39, 0.29) is 0 Å². The largest absolute Gasteiger partial charge is 0.494 e. The molecule has 0 aliphatic rings. The van der Waals surface area contributed by atoms with Gasteiger partial charge in [-0.2, -0.15) is 0 Å². The third kappa shape index (κ3) is 6.99. The second-order valence-corrected chi connectivity index (χ2v) is 7.22. The van der Waals surface area contributed by atoms with Crippen LogP contribution in [0.25, 0.3) is 0 Å². The van der Waals surface area contributed by atoms with Crippen molar-refractivity contribution in [2.75, 3.05) is 13.2 Å². The summed E-state index contributed by atoms with van der Waals surface area (Å²) in [5.74, 6) is 1.67. The van der Waals surface area contributed by atoms with Crippen LogP contribution in [0, 0.1) is 11.3 Å². The highest BCUT2D eigenvalue weighted by Crippen LogP contribution is 2.31. The summed E-state index contributed by atoms with van der Waals surface area (Å²) in [5, 5.41) is 3.63. The van der Waals surface area contributed by atoms with Crippen LogP contribution < -0.4 is 10.1 Å². The van der Waals surface area contributed by atoms with Crippen molar-refractivity contribution >= 4 is 0 Å². The number of ether oxygens (including phenoxy) is 1. The van der Waals surface area contributed by atoms with E-state index < -0.39 is 0 Å². The first-order valence-corrected chi connectivity index (χ1v) is 8.31. The highest BCUT2D eigenvalue weighted by atomic mass is 16.5. The van der Waals surface area contributed by atoms with E-state index in [1.165, 1.54) is 18.4 Å². The van der Waals surface area contributed by atoms with E-state index in [0.717, 1.165) is 18.9 Å². The Morgan fingerprint density at radius 1 is 1.10 bits per heavy atom. The second-order valence-electron chi connectivity index (χ2n) is 7.22. The van der Waals surface area contributed by atoms with Gasteiger partial charge in [-0.25, -0.2) is 0 Å². The maximum Gasteiger partial charge on any atom is 0.119 e. The summed E-state index contributed by atoms with van der Waals surface area (Å²) in [7, 11) is 0. The lowest BCUT2D eigenvalue weighted by Gasteiger charge is -2.27. The lowest BCUT2D eigenvalue weighted by molar-refractivity contribution is 0.276. The van der Waals surface area contributed by atoms with Gasteiger partial charge in [-0.15, -0.1) is 0 Å². The highest BCUT2D eigenvalue weighted by Gasteiger charge is 2.19. The number of nitrogens with one attached hydrogen (secondary N) is 1. The molecule has 2 atom stereocenters. The highest BCUT2D eigenvalue weighted by molar-refractivity contribution is 5.29. The zero-order valence-electron chi connectivity index (χ0n) is 14.7. The van der Waals surface area contributed by atoms with Crippen LogP contribution in [-0.2, 0) is 0 Å². The summed E-state index contributed by atoms with van der Waals surface area (Å²) < 4.78 is 5.53. The molecule has 0 aliphatic heterocycles. The molecule has 0 amide bonds. The molecule has 1 N–H and O–H groups in total. The van der Waals surface area contributed by atoms with Gasteiger partial charge in [0.1, 0.15) is 5.75 Å². The molecule has 1 aromatic rings. The zero-order valence-corrected chi connectivity index (χ0v) is 14.7. The number of hydrogen-bond acceptors (Lipinski definition) is 2. The van der Waals surface area contributed by atoms with Crippen molar-refractivity contribution in [1.82, 2.24) is 5.32 Å². The van der Waals surface area contributed by atoms with E-state index in [4.69, 9.17) is 4.74 Å². The minimum Gasteiger partial charge on any atom is -0.494 e. The lowest BCUT2D eigenvalue weighted by atomic mass is 9.82. The Bertz CT molecular complexity index is 391. The Labute approximate surface area is 131 Å². The van der Waals surface area contributed by atoms with Crippen LogP contribution in [0.2, 0.25) is 0 Å². The lowest BCUT2D eigenvalue weighted by Crippen LogP contribution is -2.24. The molecule has 120 valence electrons. The Hall–Kier alpha value is -1.02. The van der Waals surface area contributed by atoms with Crippen molar-refractivity contribution in [3.05, 3.63) is 29.8 Å².